The van der Waals surface area contributed by atoms with Gasteiger partial charge in [-0.3, -0.25) is 0 Å². The van der Waals surface area contributed by atoms with Crippen molar-refractivity contribution in [3.63, 3.8) is 0 Å². The summed E-state index contributed by atoms with van der Waals surface area (Å²) in [5.74, 6) is 2.95. The van der Waals surface area contributed by atoms with Gasteiger partial charge in [0, 0.05) is 6.42 Å². The molecular formula is C15H15N3O3. The lowest BCUT2D eigenvalue weighted by atomic mass is 10.1. The Morgan fingerprint density at radius 1 is 1.24 bits per heavy atom. The lowest BCUT2D eigenvalue weighted by Gasteiger charge is -2.01. The average Bonchev–Trinajstić information content (AvgIpc) is 3.16. The van der Waals surface area contributed by atoms with Crippen molar-refractivity contribution >= 4 is 0 Å². The Hall–Kier alpha value is -2.60. The number of nitrogens with two attached hydrogens (primary N) is 1. The minimum Gasteiger partial charge on any atom is -0.497 e. The summed E-state index contributed by atoms with van der Waals surface area (Å²) in [4.78, 5) is 4.33. The SMILES string of the molecule is COc1cccc(Cc2noc(-c3ccc(CN)o3)n2)c1. The van der Waals surface area contributed by atoms with Crippen LogP contribution in [0.4, 0.5) is 0 Å². The van der Waals surface area contributed by atoms with Crippen molar-refractivity contribution in [3.8, 4) is 17.4 Å². The first-order chi connectivity index (χ1) is 10.3. The topological polar surface area (TPSA) is 87.3 Å². The van der Waals surface area contributed by atoms with Crippen LogP contribution in [0.5, 0.6) is 5.75 Å². The van der Waals surface area contributed by atoms with Gasteiger partial charge in [-0.05, 0) is 29.8 Å². The molecule has 108 valence electrons. The van der Waals surface area contributed by atoms with Crippen molar-refractivity contribution in [2.45, 2.75) is 13.0 Å². The third-order valence-corrected chi connectivity index (χ3v) is 3.04. The van der Waals surface area contributed by atoms with Gasteiger partial charge in [-0.2, -0.15) is 4.98 Å². The smallest absolute Gasteiger partial charge is 0.293 e. The van der Waals surface area contributed by atoms with Crippen LogP contribution in [-0.4, -0.2) is 17.3 Å². The van der Waals surface area contributed by atoms with E-state index >= 15 is 0 Å². The molecule has 0 unspecified atom stereocenters. The molecule has 0 aliphatic heterocycles. The van der Waals surface area contributed by atoms with Crippen molar-refractivity contribution in [2.75, 3.05) is 7.11 Å². The summed E-state index contributed by atoms with van der Waals surface area (Å²) >= 11 is 0. The molecule has 0 aliphatic rings. The summed E-state index contributed by atoms with van der Waals surface area (Å²) < 4.78 is 15.9. The van der Waals surface area contributed by atoms with Gasteiger partial charge in [-0.25, -0.2) is 0 Å². The average molecular weight is 285 g/mol. The molecule has 0 saturated carbocycles. The lowest BCUT2D eigenvalue weighted by Crippen LogP contribution is -1.92. The summed E-state index contributed by atoms with van der Waals surface area (Å²) in [6.45, 7) is 0.338. The van der Waals surface area contributed by atoms with Gasteiger partial charge in [0.25, 0.3) is 5.89 Å². The van der Waals surface area contributed by atoms with E-state index in [1.165, 1.54) is 0 Å². The first-order valence-electron chi connectivity index (χ1n) is 6.53. The number of rotatable bonds is 5. The van der Waals surface area contributed by atoms with E-state index < -0.39 is 0 Å². The molecule has 0 saturated heterocycles. The van der Waals surface area contributed by atoms with Gasteiger partial charge >= 0.3 is 0 Å². The first-order valence-corrected chi connectivity index (χ1v) is 6.53. The Balaban J connectivity index is 1.78. The fourth-order valence-corrected chi connectivity index (χ4v) is 1.99. The summed E-state index contributed by atoms with van der Waals surface area (Å²) in [6, 6.07) is 11.3. The summed E-state index contributed by atoms with van der Waals surface area (Å²) in [6.07, 6.45) is 0.561. The Bertz CT molecular complexity index is 733. The van der Waals surface area contributed by atoms with E-state index in [0.717, 1.165) is 11.3 Å². The highest BCUT2D eigenvalue weighted by Crippen LogP contribution is 2.21. The van der Waals surface area contributed by atoms with E-state index in [4.69, 9.17) is 19.4 Å². The van der Waals surface area contributed by atoms with E-state index in [1.807, 2.05) is 24.3 Å². The summed E-state index contributed by atoms with van der Waals surface area (Å²) in [5.41, 5.74) is 6.55. The zero-order valence-electron chi connectivity index (χ0n) is 11.6. The lowest BCUT2D eigenvalue weighted by molar-refractivity contribution is 0.405. The highest BCUT2D eigenvalue weighted by atomic mass is 16.5. The molecule has 0 bridgehead atoms. The zero-order valence-corrected chi connectivity index (χ0v) is 11.6. The van der Waals surface area contributed by atoms with Crippen molar-refractivity contribution in [3.05, 3.63) is 53.5 Å². The second kappa shape index (κ2) is 5.80. The monoisotopic (exact) mass is 285 g/mol. The summed E-state index contributed by atoms with van der Waals surface area (Å²) in [5, 5.41) is 3.96. The zero-order chi connectivity index (χ0) is 14.7. The molecule has 1 aromatic carbocycles. The highest BCUT2D eigenvalue weighted by molar-refractivity contribution is 5.44. The maximum Gasteiger partial charge on any atom is 0.293 e. The molecule has 3 aromatic rings. The Kier molecular flexibility index (Phi) is 3.70. The second-order valence-corrected chi connectivity index (χ2v) is 4.51. The normalized spacial score (nSPS) is 10.8. The molecule has 2 heterocycles. The molecule has 3 rings (SSSR count). The minimum absolute atomic E-state index is 0.338. The molecule has 21 heavy (non-hydrogen) atoms. The van der Waals surface area contributed by atoms with Crippen molar-refractivity contribution in [1.82, 2.24) is 10.1 Å². The molecule has 0 atom stereocenters. The van der Waals surface area contributed by atoms with Crippen molar-refractivity contribution in [2.24, 2.45) is 5.73 Å². The van der Waals surface area contributed by atoms with Crippen LogP contribution >= 0.6 is 0 Å². The van der Waals surface area contributed by atoms with E-state index in [9.17, 15) is 0 Å². The molecule has 6 nitrogen and oxygen atoms in total. The Labute approximate surface area is 121 Å². The van der Waals surface area contributed by atoms with E-state index in [1.54, 1.807) is 19.2 Å². The highest BCUT2D eigenvalue weighted by Gasteiger charge is 2.13. The van der Waals surface area contributed by atoms with Gasteiger partial charge in [0.1, 0.15) is 11.5 Å². The Morgan fingerprint density at radius 3 is 2.90 bits per heavy atom. The maximum atomic E-state index is 5.50. The molecule has 2 aromatic heterocycles. The fraction of sp³-hybridized carbons (Fsp3) is 0.200. The van der Waals surface area contributed by atoms with Crippen LogP contribution in [0.15, 0.2) is 45.3 Å². The van der Waals surface area contributed by atoms with Gasteiger partial charge in [0.15, 0.2) is 11.6 Å². The Morgan fingerprint density at radius 2 is 2.14 bits per heavy atom. The van der Waals surface area contributed by atoms with Gasteiger partial charge in [-0.15, -0.1) is 0 Å². The van der Waals surface area contributed by atoms with E-state index in [-0.39, 0.29) is 0 Å². The molecule has 0 amide bonds. The van der Waals surface area contributed by atoms with Gasteiger partial charge < -0.3 is 19.4 Å². The van der Waals surface area contributed by atoms with Crippen LogP contribution < -0.4 is 10.5 Å². The summed E-state index contributed by atoms with van der Waals surface area (Å²) in [7, 11) is 1.64. The molecular weight excluding hydrogens is 270 g/mol. The fourth-order valence-electron chi connectivity index (χ4n) is 1.99. The third-order valence-electron chi connectivity index (χ3n) is 3.04. The number of hydrogen-bond donors (Lipinski definition) is 1. The molecule has 2 N–H and O–H groups in total. The number of methoxy groups -OCH3 is 1. The van der Waals surface area contributed by atoms with Crippen molar-refractivity contribution in [1.29, 1.82) is 0 Å². The van der Waals surface area contributed by atoms with Crippen LogP contribution in [0.25, 0.3) is 11.7 Å². The standard InChI is InChI=1S/C15H15N3O3/c1-19-11-4-2-3-10(7-11)8-14-17-15(21-18-14)13-6-5-12(9-16)20-13/h2-7H,8-9,16H2,1H3. The van der Waals surface area contributed by atoms with Gasteiger partial charge in [0.2, 0.25) is 0 Å². The molecule has 0 aliphatic carbocycles. The van der Waals surface area contributed by atoms with Crippen LogP contribution in [0, 0.1) is 0 Å². The van der Waals surface area contributed by atoms with Crippen LogP contribution in [0.3, 0.4) is 0 Å². The van der Waals surface area contributed by atoms with Crippen LogP contribution in [0.2, 0.25) is 0 Å². The number of ether oxygens (including phenoxy) is 1. The minimum atomic E-state index is 0.338. The molecule has 0 spiro atoms. The number of hydrogen-bond acceptors (Lipinski definition) is 6. The van der Waals surface area contributed by atoms with Crippen LogP contribution in [-0.2, 0) is 13.0 Å². The molecule has 0 fully saturated rings. The van der Waals surface area contributed by atoms with E-state index in [2.05, 4.69) is 10.1 Å². The van der Waals surface area contributed by atoms with Crippen molar-refractivity contribution < 1.29 is 13.7 Å². The van der Waals surface area contributed by atoms with Gasteiger partial charge in [-0.1, -0.05) is 17.3 Å². The largest absolute Gasteiger partial charge is 0.497 e. The third kappa shape index (κ3) is 2.95. The van der Waals surface area contributed by atoms with Crippen LogP contribution in [0.1, 0.15) is 17.1 Å². The number of nitrogens with zero attached hydrogens (tertiary/aromatic N) is 2. The first kappa shape index (κ1) is 13.4. The number of aromatic nitrogens is 2. The predicted molar refractivity (Wildman–Crippen MR) is 75.7 cm³/mol. The quantitative estimate of drug-likeness (QED) is 0.774. The molecule has 6 heteroatoms. The number of benzene rings is 1. The molecule has 0 radical (unpaired) electrons. The van der Waals surface area contributed by atoms with Gasteiger partial charge in [0.05, 0.1) is 13.7 Å². The number of furan rings is 1. The van der Waals surface area contributed by atoms with E-state index in [0.29, 0.717) is 36.2 Å². The second-order valence-electron chi connectivity index (χ2n) is 4.51. The maximum absolute atomic E-state index is 5.50. The predicted octanol–water partition coefficient (Wildman–Crippen LogP) is 2.39.